The lowest BCUT2D eigenvalue weighted by Crippen LogP contribution is -2.34. The van der Waals surface area contributed by atoms with E-state index in [-0.39, 0.29) is 11.1 Å². The SMILES string of the molecule is Cc1c(C)c(=O)n(CCCNC(C)C)[nH]c1=O. The Hall–Kier alpha value is -1.36. The summed E-state index contributed by atoms with van der Waals surface area (Å²) in [6.07, 6.45) is 0.816. The van der Waals surface area contributed by atoms with Gasteiger partial charge in [-0.3, -0.25) is 14.7 Å². The molecule has 0 radical (unpaired) electrons. The normalized spacial score (nSPS) is 11.1. The number of nitrogens with zero attached hydrogens (tertiary/aromatic N) is 1. The topological polar surface area (TPSA) is 66.9 Å². The van der Waals surface area contributed by atoms with Crippen LogP contribution in [-0.4, -0.2) is 22.4 Å². The summed E-state index contributed by atoms with van der Waals surface area (Å²) in [4.78, 5) is 23.4. The van der Waals surface area contributed by atoms with Crippen LogP contribution in [0.2, 0.25) is 0 Å². The fourth-order valence-corrected chi connectivity index (χ4v) is 1.58. The zero-order valence-corrected chi connectivity index (χ0v) is 11.0. The van der Waals surface area contributed by atoms with Crippen molar-refractivity contribution in [1.82, 2.24) is 15.1 Å². The molecule has 1 heterocycles. The smallest absolute Gasteiger partial charge is 0.268 e. The Balaban J connectivity index is 2.73. The maximum Gasteiger partial charge on any atom is 0.268 e. The number of aromatic amines is 1. The zero-order chi connectivity index (χ0) is 13.0. The first kappa shape index (κ1) is 13.7. The first-order valence-corrected chi connectivity index (χ1v) is 5.97. The van der Waals surface area contributed by atoms with Crippen LogP contribution >= 0.6 is 0 Å². The third-order valence-electron chi connectivity index (χ3n) is 2.82. The maximum atomic E-state index is 11.8. The van der Waals surface area contributed by atoms with Crippen LogP contribution in [0, 0.1) is 13.8 Å². The van der Waals surface area contributed by atoms with Crippen molar-refractivity contribution < 1.29 is 0 Å². The Bertz CT molecular complexity index is 486. The highest BCUT2D eigenvalue weighted by Crippen LogP contribution is 1.92. The van der Waals surface area contributed by atoms with Gasteiger partial charge in [-0.1, -0.05) is 13.8 Å². The minimum absolute atomic E-state index is 0.105. The average molecular weight is 239 g/mol. The minimum Gasteiger partial charge on any atom is -0.314 e. The van der Waals surface area contributed by atoms with Gasteiger partial charge >= 0.3 is 0 Å². The summed E-state index contributed by atoms with van der Waals surface area (Å²) in [6, 6.07) is 0.436. The summed E-state index contributed by atoms with van der Waals surface area (Å²) in [5.74, 6) is 0. The van der Waals surface area contributed by atoms with Gasteiger partial charge in [-0.15, -0.1) is 0 Å². The Morgan fingerprint density at radius 2 is 1.88 bits per heavy atom. The van der Waals surface area contributed by atoms with Gasteiger partial charge in [0.2, 0.25) is 0 Å². The molecule has 0 atom stereocenters. The van der Waals surface area contributed by atoms with Crippen LogP contribution < -0.4 is 16.4 Å². The number of rotatable bonds is 5. The molecule has 0 aliphatic heterocycles. The van der Waals surface area contributed by atoms with Crippen molar-refractivity contribution in [3.05, 3.63) is 31.8 Å². The molecular weight excluding hydrogens is 218 g/mol. The van der Waals surface area contributed by atoms with Crippen molar-refractivity contribution in [3.8, 4) is 0 Å². The molecule has 0 saturated carbocycles. The number of aryl methyl sites for hydroxylation is 1. The third-order valence-corrected chi connectivity index (χ3v) is 2.82. The van der Waals surface area contributed by atoms with E-state index in [9.17, 15) is 9.59 Å². The molecule has 0 bridgehead atoms. The first-order chi connectivity index (χ1) is 7.93. The molecule has 1 aromatic heterocycles. The van der Waals surface area contributed by atoms with Crippen molar-refractivity contribution in [2.45, 2.75) is 46.7 Å². The van der Waals surface area contributed by atoms with Crippen molar-refractivity contribution in [2.24, 2.45) is 0 Å². The van der Waals surface area contributed by atoms with Gasteiger partial charge in [0.25, 0.3) is 11.1 Å². The van der Waals surface area contributed by atoms with Crippen LogP contribution in [0.4, 0.5) is 0 Å². The lowest BCUT2D eigenvalue weighted by Gasteiger charge is -2.10. The monoisotopic (exact) mass is 239 g/mol. The molecule has 17 heavy (non-hydrogen) atoms. The molecule has 0 unspecified atom stereocenters. The van der Waals surface area contributed by atoms with Gasteiger partial charge in [-0.05, 0) is 26.8 Å². The molecule has 0 spiro atoms. The van der Waals surface area contributed by atoms with Gasteiger partial charge in [-0.2, -0.15) is 0 Å². The van der Waals surface area contributed by atoms with Crippen LogP contribution in [0.1, 0.15) is 31.4 Å². The van der Waals surface area contributed by atoms with Crippen LogP contribution in [0.3, 0.4) is 0 Å². The third kappa shape index (κ3) is 3.56. The minimum atomic E-state index is -0.182. The second kappa shape index (κ2) is 5.82. The van der Waals surface area contributed by atoms with E-state index in [2.05, 4.69) is 24.3 Å². The van der Waals surface area contributed by atoms with Crippen LogP contribution in [0.5, 0.6) is 0 Å². The highest BCUT2D eigenvalue weighted by molar-refractivity contribution is 5.17. The van der Waals surface area contributed by atoms with Crippen molar-refractivity contribution in [3.63, 3.8) is 0 Å². The maximum absolute atomic E-state index is 11.8. The Morgan fingerprint density at radius 3 is 2.47 bits per heavy atom. The van der Waals surface area contributed by atoms with Crippen LogP contribution in [-0.2, 0) is 6.54 Å². The number of hydrogen-bond acceptors (Lipinski definition) is 3. The van der Waals surface area contributed by atoms with Crippen molar-refractivity contribution >= 4 is 0 Å². The van der Waals surface area contributed by atoms with Crippen molar-refractivity contribution in [2.75, 3.05) is 6.54 Å². The highest BCUT2D eigenvalue weighted by Gasteiger charge is 2.06. The summed E-state index contributed by atoms with van der Waals surface area (Å²) >= 11 is 0. The fraction of sp³-hybridized carbons (Fsp3) is 0.667. The molecule has 5 heteroatoms. The van der Waals surface area contributed by atoms with E-state index in [1.807, 2.05) is 0 Å². The largest absolute Gasteiger partial charge is 0.314 e. The summed E-state index contributed by atoms with van der Waals surface area (Å²) in [6.45, 7) is 8.87. The van der Waals surface area contributed by atoms with Gasteiger partial charge in [0, 0.05) is 23.7 Å². The molecule has 0 aliphatic carbocycles. The summed E-state index contributed by atoms with van der Waals surface area (Å²) in [5.41, 5.74) is 0.752. The number of nitrogens with one attached hydrogen (secondary N) is 2. The summed E-state index contributed by atoms with van der Waals surface area (Å²) in [7, 11) is 0. The zero-order valence-electron chi connectivity index (χ0n) is 11.0. The van der Waals surface area contributed by atoms with Gasteiger partial charge in [0.15, 0.2) is 0 Å². The Labute approximate surface area is 101 Å². The number of H-pyrrole nitrogens is 1. The van der Waals surface area contributed by atoms with Crippen LogP contribution in [0.25, 0.3) is 0 Å². The van der Waals surface area contributed by atoms with Crippen molar-refractivity contribution in [1.29, 1.82) is 0 Å². The molecule has 1 aromatic rings. The predicted octanol–water partition coefficient (Wildman–Crippen LogP) is 0.542. The molecule has 0 aliphatic rings. The molecular formula is C12H21N3O2. The Morgan fingerprint density at radius 1 is 1.24 bits per heavy atom. The van der Waals surface area contributed by atoms with E-state index in [1.165, 1.54) is 4.68 Å². The standard InChI is InChI=1S/C12H21N3O2/c1-8(2)13-6-5-7-15-12(17)10(4)9(3)11(16)14-15/h8,13H,5-7H2,1-4H3,(H,14,16). The summed E-state index contributed by atoms with van der Waals surface area (Å²) < 4.78 is 1.40. The van der Waals surface area contributed by atoms with E-state index in [0.717, 1.165) is 13.0 Å². The fourth-order valence-electron chi connectivity index (χ4n) is 1.58. The van der Waals surface area contributed by atoms with Gasteiger partial charge in [0.1, 0.15) is 0 Å². The molecule has 1 rings (SSSR count). The van der Waals surface area contributed by atoms with Crippen LogP contribution in [0.15, 0.2) is 9.59 Å². The molecule has 96 valence electrons. The average Bonchev–Trinajstić information content (AvgIpc) is 2.27. The molecule has 0 fully saturated rings. The first-order valence-electron chi connectivity index (χ1n) is 5.97. The van der Waals surface area contributed by atoms with E-state index in [4.69, 9.17) is 0 Å². The predicted molar refractivity (Wildman–Crippen MR) is 68.6 cm³/mol. The lowest BCUT2D eigenvalue weighted by atomic mass is 10.2. The quantitative estimate of drug-likeness (QED) is 0.737. The van der Waals surface area contributed by atoms with Gasteiger partial charge < -0.3 is 5.32 Å². The second-order valence-electron chi connectivity index (χ2n) is 4.61. The molecule has 0 saturated heterocycles. The van der Waals surface area contributed by atoms with Gasteiger partial charge in [0.05, 0.1) is 0 Å². The lowest BCUT2D eigenvalue weighted by molar-refractivity contribution is 0.493. The second-order valence-corrected chi connectivity index (χ2v) is 4.61. The molecule has 0 amide bonds. The number of hydrogen-bond donors (Lipinski definition) is 2. The van der Waals surface area contributed by atoms with E-state index in [1.54, 1.807) is 13.8 Å². The molecule has 0 aromatic carbocycles. The molecule has 2 N–H and O–H groups in total. The van der Waals surface area contributed by atoms with E-state index >= 15 is 0 Å². The highest BCUT2D eigenvalue weighted by atomic mass is 16.2. The van der Waals surface area contributed by atoms with E-state index in [0.29, 0.717) is 23.7 Å². The molecule has 5 nitrogen and oxygen atoms in total. The van der Waals surface area contributed by atoms with E-state index < -0.39 is 0 Å². The number of aromatic nitrogens is 2. The Kier molecular flexibility index (Phi) is 4.69. The summed E-state index contributed by atoms with van der Waals surface area (Å²) in [5, 5.41) is 5.86. The van der Waals surface area contributed by atoms with Gasteiger partial charge in [-0.25, -0.2) is 4.68 Å².